The summed E-state index contributed by atoms with van der Waals surface area (Å²) < 4.78 is 17.2. The van der Waals surface area contributed by atoms with Crippen molar-refractivity contribution < 1.29 is 19.3 Å². The second-order valence-corrected chi connectivity index (χ2v) is 5.15. The molecule has 0 aromatic heterocycles. The van der Waals surface area contributed by atoms with Crippen LogP contribution < -0.4 is 0 Å². The van der Waals surface area contributed by atoms with Gasteiger partial charge in [0.1, 0.15) is 11.7 Å². The molecular formula is C12H17NO4. The molecule has 5 atom stereocenters. The standard InChI is InChI=1S/C12H17NO4/c13-5-1-2-8-3-4-10-12(17-8)6-9(16-10)11(14)15-7-12/h8-11,14H,1-4,6-7H2/t8-,9+,10-,11+,12?/m0/s1. The Labute approximate surface area is 100 Å². The Hall–Kier alpha value is -0.670. The maximum absolute atomic E-state index is 9.60. The number of aliphatic hydroxyl groups excluding tert-OH is 1. The van der Waals surface area contributed by atoms with Crippen molar-refractivity contribution in [2.45, 2.75) is 62.3 Å². The molecule has 3 heterocycles. The van der Waals surface area contributed by atoms with Crippen molar-refractivity contribution >= 4 is 0 Å². The van der Waals surface area contributed by atoms with Gasteiger partial charge in [0, 0.05) is 12.8 Å². The highest BCUT2D eigenvalue weighted by molar-refractivity contribution is 5.04. The van der Waals surface area contributed by atoms with E-state index in [-0.39, 0.29) is 23.9 Å². The topological polar surface area (TPSA) is 71.7 Å². The maximum Gasteiger partial charge on any atom is 0.181 e. The third-order valence-electron chi connectivity index (χ3n) is 4.02. The van der Waals surface area contributed by atoms with Crippen LogP contribution in [0, 0.1) is 11.3 Å². The summed E-state index contributed by atoms with van der Waals surface area (Å²) in [5.74, 6) is 0. The molecule has 1 N–H and O–H groups in total. The summed E-state index contributed by atoms with van der Waals surface area (Å²) in [6.45, 7) is 0.401. The fourth-order valence-corrected chi connectivity index (χ4v) is 3.15. The Balaban J connectivity index is 1.70. The van der Waals surface area contributed by atoms with Crippen LogP contribution in [-0.4, -0.2) is 41.9 Å². The number of hydrogen-bond acceptors (Lipinski definition) is 5. The van der Waals surface area contributed by atoms with Crippen LogP contribution in [0.5, 0.6) is 0 Å². The molecule has 5 nitrogen and oxygen atoms in total. The predicted octanol–water partition coefficient (Wildman–Crippen LogP) is 0.714. The number of hydrogen-bond donors (Lipinski definition) is 1. The Kier molecular flexibility index (Phi) is 2.83. The van der Waals surface area contributed by atoms with Gasteiger partial charge in [0.05, 0.1) is 24.9 Å². The molecule has 0 amide bonds. The van der Waals surface area contributed by atoms with Gasteiger partial charge in [0.2, 0.25) is 0 Å². The average Bonchev–Trinajstić information content (AvgIpc) is 2.66. The number of nitrogens with zero attached hydrogens (tertiary/aromatic N) is 1. The van der Waals surface area contributed by atoms with Gasteiger partial charge in [-0.15, -0.1) is 0 Å². The minimum atomic E-state index is -0.813. The first-order valence-electron chi connectivity index (χ1n) is 6.23. The van der Waals surface area contributed by atoms with Crippen LogP contribution in [0.25, 0.3) is 0 Å². The molecule has 0 aliphatic carbocycles. The fraction of sp³-hybridized carbons (Fsp3) is 0.917. The molecule has 17 heavy (non-hydrogen) atoms. The molecule has 0 radical (unpaired) electrons. The molecule has 3 aliphatic heterocycles. The van der Waals surface area contributed by atoms with Gasteiger partial charge in [0.15, 0.2) is 6.29 Å². The lowest BCUT2D eigenvalue weighted by atomic mass is 9.85. The van der Waals surface area contributed by atoms with E-state index >= 15 is 0 Å². The van der Waals surface area contributed by atoms with Crippen molar-refractivity contribution in [1.29, 1.82) is 5.26 Å². The molecule has 3 rings (SSSR count). The van der Waals surface area contributed by atoms with Gasteiger partial charge in [-0.3, -0.25) is 0 Å². The van der Waals surface area contributed by atoms with Crippen LogP contribution in [0.2, 0.25) is 0 Å². The highest BCUT2D eigenvalue weighted by Gasteiger charge is 2.58. The molecule has 5 heteroatoms. The lowest BCUT2D eigenvalue weighted by molar-refractivity contribution is -0.222. The second-order valence-electron chi connectivity index (χ2n) is 5.15. The third-order valence-corrected chi connectivity index (χ3v) is 4.02. The van der Waals surface area contributed by atoms with Crippen LogP contribution in [0.3, 0.4) is 0 Å². The Morgan fingerprint density at radius 3 is 3.12 bits per heavy atom. The summed E-state index contributed by atoms with van der Waals surface area (Å²) in [5.41, 5.74) is -0.373. The van der Waals surface area contributed by atoms with E-state index in [9.17, 15) is 5.11 Å². The molecular weight excluding hydrogens is 222 g/mol. The van der Waals surface area contributed by atoms with Crippen LogP contribution in [0.15, 0.2) is 0 Å². The van der Waals surface area contributed by atoms with Gasteiger partial charge in [-0.25, -0.2) is 0 Å². The molecule has 1 unspecified atom stereocenters. The van der Waals surface area contributed by atoms with E-state index in [1.54, 1.807) is 0 Å². The van der Waals surface area contributed by atoms with Gasteiger partial charge >= 0.3 is 0 Å². The molecule has 1 spiro atoms. The number of rotatable bonds is 2. The van der Waals surface area contributed by atoms with E-state index in [1.807, 2.05) is 0 Å². The summed E-state index contributed by atoms with van der Waals surface area (Å²) in [6.07, 6.45) is 2.99. The van der Waals surface area contributed by atoms with Crippen LogP contribution in [0.1, 0.15) is 32.1 Å². The molecule has 0 aromatic rings. The smallest absolute Gasteiger partial charge is 0.181 e. The Bertz CT molecular complexity index is 342. The SMILES string of the molecule is N#CCC[C@H]1CC[C@@H]2O[C@@H]3CC2(CO[C@H]3O)O1. The zero-order valence-corrected chi connectivity index (χ0v) is 9.67. The first-order chi connectivity index (χ1) is 8.23. The van der Waals surface area contributed by atoms with E-state index in [4.69, 9.17) is 19.5 Å². The minimum Gasteiger partial charge on any atom is -0.366 e. The zero-order chi connectivity index (χ0) is 11.9. The summed E-state index contributed by atoms with van der Waals surface area (Å²) in [7, 11) is 0. The van der Waals surface area contributed by atoms with Crippen molar-refractivity contribution in [2.24, 2.45) is 0 Å². The molecule has 94 valence electrons. The molecule has 3 saturated heterocycles. The van der Waals surface area contributed by atoms with E-state index in [0.717, 1.165) is 19.3 Å². The third kappa shape index (κ3) is 1.85. The summed E-state index contributed by atoms with van der Waals surface area (Å²) >= 11 is 0. The van der Waals surface area contributed by atoms with E-state index < -0.39 is 6.29 Å². The number of fused-ring (bicyclic) bond motifs is 1. The van der Waals surface area contributed by atoms with Crippen molar-refractivity contribution in [1.82, 2.24) is 0 Å². The highest BCUT2D eigenvalue weighted by Crippen LogP contribution is 2.46. The van der Waals surface area contributed by atoms with Crippen molar-refractivity contribution in [2.75, 3.05) is 6.61 Å². The van der Waals surface area contributed by atoms with Gasteiger partial charge < -0.3 is 19.3 Å². The van der Waals surface area contributed by atoms with E-state index in [2.05, 4.69) is 6.07 Å². The van der Waals surface area contributed by atoms with Gasteiger partial charge in [-0.05, 0) is 19.3 Å². The molecule has 0 aromatic carbocycles. The maximum atomic E-state index is 9.60. The number of aliphatic hydroxyl groups is 1. The summed E-state index contributed by atoms with van der Waals surface area (Å²) in [5, 5.41) is 18.2. The lowest BCUT2D eigenvalue weighted by Gasteiger charge is -2.42. The summed E-state index contributed by atoms with van der Waals surface area (Å²) in [6, 6.07) is 2.15. The quantitative estimate of drug-likeness (QED) is 0.768. The van der Waals surface area contributed by atoms with Crippen LogP contribution in [0.4, 0.5) is 0 Å². The Morgan fingerprint density at radius 1 is 1.41 bits per heavy atom. The Morgan fingerprint density at radius 2 is 2.29 bits per heavy atom. The van der Waals surface area contributed by atoms with Gasteiger partial charge in [-0.2, -0.15) is 5.26 Å². The predicted molar refractivity (Wildman–Crippen MR) is 56.9 cm³/mol. The summed E-state index contributed by atoms with van der Waals surface area (Å²) in [4.78, 5) is 0. The second kappa shape index (κ2) is 4.21. The fourth-order valence-electron chi connectivity index (χ4n) is 3.15. The van der Waals surface area contributed by atoms with Crippen molar-refractivity contribution in [3.05, 3.63) is 0 Å². The van der Waals surface area contributed by atoms with Crippen LogP contribution >= 0.6 is 0 Å². The van der Waals surface area contributed by atoms with Gasteiger partial charge in [-0.1, -0.05) is 0 Å². The first kappa shape index (κ1) is 11.4. The lowest BCUT2D eigenvalue weighted by Crippen LogP contribution is -2.53. The normalized spacial score (nSPS) is 48.5. The largest absolute Gasteiger partial charge is 0.366 e. The number of ether oxygens (including phenoxy) is 3. The molecule has 3 aliphatic rings. The van der Waals surface area contributed by atoms with Crippen molar-refractivity contribution in [3.63, 3.8) is 0 Å². The number of nitriles is 1. The van der Waals surface area contributed by atoms with Gasteiger partial charge in [0.25, 0.3) is 0 Å². The average molecular weight is 239 g/mol. The van der Waals surface area contributed by atoms with E-state index in [1.165, 1.54) is 0 Å². The van der Waals surface area contributed by atoms with Crippen LogP contribution in [-0.2, 0) is 14.2 Å². The monoisotopic (exact) mass is 239 g/mol. The zero-order valence-electron chi connectivity index (χ0n) is 9.67. The van der Waals surface area contributed by atoms with Crippen molar-refractivity contribution in [3.8, 4) is 6.07 Å². The molecule has 3 fully saturated rings. The minimum absolute atomic E-state index is 0.0444. The molecule has 0 saturated carbocycles. The first-order valence-corrected chi connectivity index (χ1v) is 6.23. The van der Waals surface area contributed by atoms with E-state index in [0.29, 0.717) is 19.4 Å². The highest BCUT2D eigenvalue weighted by atomic mass is 16.7. The molecule has 2 bridgehead atoms.